The van der Waals surface area contributed by atoms with Gasteiger partial charge in [-0.1, -0.05) is 25.8 Å². The number of nitrogens with one attached hydrogen (secondary N) is 1. The van der Waals surface area contributed by atoms with Crippen LogP contribution in [0, 0.1) is 0 Å². The Morgan fingerprint density at radius 1 is 1.18 bits per heavy atom. The number of allylic oxidation sites excluding steroid dienone is 1. The van der Waals surface area contributed by atoms with Crippen LogP contribution >= 0.6 is 0 Å². The van der Waals surface area contributed by atoms with E-state index in [2.05, 4.69) is 39.6 Å². The van der Waals surface area contributed by atoms with Crippen LogP contribution in [0.4, 0.5) is 0 Å². The maximum atomic E-state index is 5.88. The van der Waals surface area contributed by atoms with E-state index in [0.29, 0.717) is 12.1 Å². The van der Waals surface area contributed by atoms with E-state index < -0.39 is 0 Å². The van der Waals surface area contributed by atoms with E-state index in [1.807, 2.05) is 0 Å². The minimum Gasteiger partial charge on any atom is -0.377 e. The Kier molecular flexibility index (Phi) is 10.6. The van der Waals surface area contributed by atoms with E-state index in [4.69, 9.17) is 4.74 Å². The van der Waals surface area contributed by atoms with Crippen LogP contribution in [0.3, 0.4) is 0 Å². The number of hydrogen-bond acceptors (Lipinski definition) is 2. The van der Waals surface area contributed by atoms with E-state index in [1.165, 1.54) is 18.4 Å². The Labute approximate surface area is 108 Å². The van der Waals surface area contributed by atoms with Gasteiger partial charge in [-0.05, 0) is 46.1 Å². The molecule has 0 rings (SSSR count). The fourth-order valence-electron chi connectivity index (χ4n) is 2.05. The van der Waals surface area contributed by atoms with E-state index >= 15 is 0 Å². The van der Waals surface area contributed by atoms with E-state index in [9.17, 15) is 0 Å². The molecule has 0 saturated carbocycles. The molecule has 17 heavy (non-hydrogen) atoms. The van der Waals surface area contributed by atoms with Gasteiger partial charge in [-0.3, -0.25) is 0 Å². The predicted octanol–water partition coefficient (Wildman–Crippen LogP) is 3.92. The monoisotopic (exact) mass is 241 g/mol. The maximum absolute atomic E-state index is 5.88. The van der Waals surface area contributed by atoms with Crippen LogP contribution in [0.5, 0.6) is 0 Å². The first-order valence-electron chi connectivity index (χ1n) is 7.14. The van der Waals surface area contributed by atoms with Crippen molar-refractivity contribution in [3.8, 4) is 0 Å². The summed E-state index contributed by atoms with van der Waals surface area (Å²) in [6, 6.07) is 0.478. The van der Waals surface area contributed by atoms with Crippen molar-refractivity contribution in [1.82, 2.24) is 5.32 Å². The highest BCUT2D eigenvalue weighted by Crippen LogP contribution is 2.15. The summed E-state index contributed by atoms with van der Waals surface area (Å²) in [5, 5.41) is 3.63. The first kappa shape index (κ1) is 16.7. The van der Waals surface area contributed by atoms with Gasteiger partial charge in [-0.2, -0.15) is 0 Å². The molecule has 0 spiro atoms. The van der Waals surface area contributed by atoms with Gasteiger partial charge < -0.3 is 10.1 Å². The zero-order chi connectivity index (χ0) is 13.1. The average molecular weight is 241 g/mol. The summed E-state index contributed by atoms with van der Waals surface area (Å²) in [6.07, 6.45) is 6.09. The Hall–Kier alpha value is -0.340. The molecule has 0 aromatic rings. The molecule has 0 aliphatic rings. The molecule has 0 amide bonds. The van der Waals surface area contributed by atoms with Gasteiger partial charge in [0, 0.05) is 12.6 Å². The molecule has 0 aliphatic heterocycles. The molecule has 0 aromatic carbocycles. The zero-order valence-electron chi connectivity index (χ0n) is 12.2. The van der Waals surface area contributed by atoms with E-state index in [-0.39, 0.29) is 0 Å². The summed E-state index contributed by atoms with van der Waals surface area (Å²) in [6.45, 7) is 14.5. The van der Waals surface area contributed by atoms with Gasteiger partial charge in [0.15, 0.2) is 0 Å². The van der Waals surface area contributed by atoms with Crippen LogP contribution in [0.2, 0.25) is 0 Å². The van der Waals surface area contributed by atoms with E-state index in [1.54, 1.807) is 0 Å². The molecule has 0 heterocycles. The van der Waals surface area contributed by atoms with Crippen molar-refractivity contribution in [2.45, 2.75) is 71.9 Å². The molecule has 0 bridgehead atoms. The van der Waals surface area contributed by atoms with Crippen LogP contribution in [0.1, 0.15) is 59.8 Å². The molecule has 0 saturated heterocycles. The molecular formula is C15H31NO. The summed E-state index contributed by atoms with van der Waals surface area (Å²) < 4.78 is 5.88. The average Bonchev–Trinajstić information content (AvgIpc) is 2.29. The molecule has 2 heteroatoms. The van der Waals surface area contributed by atoms with Crippen LogP contribution in [0.15, 0.2) is 12.2 Å². The van der Waals surface area contributed by atoms with Gasteiger partial charge in [0.1, 0.15) is 0 Å². The summed E-state index contributed by atoms with van der Waals surface area (Å²) in [7, 11) is 0. The Morgan fingerprint density at radius 3 is 2.35 bits per heavy atom. The largest absolute Gasteiger partial charge is 0.377 e. The third kappa shape index (κ3) is 8.39. The molecule has 0 fully saturated rings. The normalized spacial score (nSPS) is 14.6. The third-order valence-electron chi connectivity index (χ3n) is 2.94. The first-order chi connectivity index (χ1) is 8.15. The Morgan fingerprint density at radius 2 is 1.88 bits per heavy atom. The van der Waals surface area contributed by atoms with Crippen molar-refractivity contribution in [2.75, 3.05) is 13.2 Å². The zero-order valence-corrected chi connectivity index (χ0v) is 12.2. The molecule has 102 valence electrons. The molecule has 0 aliphatic carbocycles. The lowest BCUT2D eigenvalue weighted by atomic mass is 9.99. The quantitative estimate of drug-likeness (QED) is 0.554. The van der Waals surface area contributed by atoms with Gasteiger partial charge in [0.25, 0.3) is 0 Å². The highest BCUT2D eigenvalue weighted by atomic mass is 16.5. The van der Waals surface area contributed by atoms with Gasteiger partial charge in [0.2, 0.25) is 0 Å². The van der Waals surface area contributed by atoms with Crippen molar-refractivity contribution in [1.29, 1.82) is 0 Å². The van der Waals surface area contributed by atoms with Crippen molar-refractivity contribution < 1.29 is 4.74 Å². The highest BCUT2D eigenvalue weighted by Gasteiger charge is 2.20. The Balaban J connectivity index is 4.30. The van der Waals surface area contributed by atoms with Gasteiger partial charge >= 0.3 is 0 Å². The van der Waals surface area contributed by atoms with Crippen molar-refractivity contribution in [2.24, 2.45) is 0 Å². The third-order valence-corrected chi connectivity index (χ3v) is 2.94. The fraction of sp³-hybridized carbons (Fsp3) is 0.867. The summed E-state index contributed by atoms with van der Waals surface area (Å²) in [4.78, 5) is 0. The minimum absolute atomic E-state index is 0.357. The summed E-state index contributed by atoms with van der Waals surface area (Å²) in [5.74, 6) is 0. The second-order valence-corrected chi connectivity index (χ2v) is 4.84. The second kappa shape index (κ2) is 10.8. The number of ether oxygens (including phenoxy) is 1. The van der Waals surface area contributed by atoms with Crippen LogP contribution in [0.25, 0.3) is 0 Å². The lowest BCUT2D eigenvalue weighted by Gasteiger charge is -2.28. The lowest BCUT2D eigenvalue weighted by Crippen LogP contribution is -2.41. The van der Waals surface area contributed by atoms with E-state index in [0.717, 1.165) is 32.4 Å². The van der Waals surface area contributed by atoms with Gasteiger partial charge in [0.05, 0.1) is 6.10 Å². The lowest BCUT2D eigenvalue weighted by molar-refractivity contribution is 0.0260. The van der Waals surface area contributed by atoms with Gasteiger partial charge in [-0.25, -0.2) is 0 Å². The Bertz CT molecular complexity index is 185. The predicted molar refractivity (Wildman–Crippen MR) is 76.5 cm³/mol. The molecule has 1 N–H and O–H groups in total. The smallest absolute Gasteiger partial charge is 0.0727 e. The van der Waals surface area contributed by atoms with Gasteiger partial charge in [-0.15, -0.1) is 6.58 Å². The van der Waals surface area contributed by atoms with Crippen LogP contribution in [-0.2, 0) is 4.74 Å². The van der Waals surface area contributed by atoms with Crippen LogP contribution < -0.4 is 5.32 Å². The minimum atomic E-state index is 0.357. The SMILES string of the molecule is C=C(C)CCC(NCCC)C(CCC)OCC. The molecule has 0 radical (unpaired) electrons. The number of hydrogen-bond donors (Lipinski definition) is 1. The topological polar surface area (TPSA) is 21.3 Å². The molecule has 2 nitrogen and oxygen atoms in total. The first-order valence-corrected chi connectivity index (χ1v) is 7.14. The number of rotatable bonds is 11. The molecule has 0 aromatic heterocycles. The standard InChI is InChI=1S/C15H31NO/c1-6-9-15(17-8-3)14(16-12-7-2)11-10-13(4)5/h14-16H,4,6-12H2,1-3,5H3. The summed E-state index contributed by atoms with van der Waals surface area (Å²) >= 11 is 0. The van der Waals surface area contributed by atoms with Crippen molar-refractivity contribution in [3.05, 3.63) is 12.2 Å². The van der Waals surface area contributed by atoms with Crippen molar-refractivity contribution in [3.63, 3.8) is 0 Å². The highest BCUT2D eigenvalue weighted by molar-refractivity contribution is 4.91. The molecular weight excluding hydrogens is 210 g/mol. The second-order valence-electron chi connectivity index (χ2n) is 4.84. The molecule has 2 unspecified atom stereocenters. The van der Waals surface area contributed by atoms with Crippen LogP contribution in [-0.4, -0.2) is 25.3 Å². The molecule has 2 atom stereocenters. The fourth-order valence-corrected chi connectivity index (χ4v) is 2.05. The maximum Gasteiger partial charge on any atom is 0.0727 e. The summed E-state index contributed by atoms with van der Waals surface area (Å²) in [5.41, 5.74) is 1.26. The van der Waals surface area contributed by atoms with Crippen molar-refractivity contribution >= 4 is 0 Å².